The van der Waals surface area contributed by atoms with Crippen molar-refractivity contribution in [1.82, 2.24) is 4.98 Å². The van der Waals surface area contributed by atoms with Crippen LogP contribution in [0.4, 0.5) is 0 Å². The first kappa shape index (κ1) is 18.7. The van der Waals surface area contributed by atoms with Crippen LogP contribution in [0.1, 0.15) is 21.7 Å². The van der Waals surface area contributed by atoms with Gasteiger partial charge in [0.1, 0.15) is 11.1 Å². The van der Waals surface area contributed by atoms with Crippen molar-refractivity contribution in [2.75, 3.05) is 14.2 Å². The maximum Gasteiger partial charge on any atom is 0.167 e. The number of thiazole rings is 1. The summed E-state index contributed by atoms with van der Waals surface area (Å²) in [6, 6.07) is 14.1. The molecule has 0 aliphatic heterocycles. The fourth-order valence-corrected chi connectivity index (χ4v) is 3.73. The van der Waals surface area contributed by atoms with Gasteiger partial charge in [-0.1, -0.05) is 35.9 Å². The van der Waals surface area contributed by atoms with Crippen molar-refractivity contribution in [3.8, 4) is 28.8 Å². The molecule has 0 radical (unpaired) electrons. The Hall–Kier alpha value is -3.10. The van der Waals surface area contributed by atoms with E-state index >= 15 is 0 Å². The third-order valence-electron chi connectivity index (χ3n) is 4.25. The quantitative estimate of drug-likeness (QED) is 0.551. The SMILES string of the molecule is COc1cccc(C=C(C#N)c2nc(-c3ccc(C)cc3C)cs2)c1OC. The van der Waals surface area contributed by atoms with Gasteiger partial charge in [-0.15, -0.1) is 11.3 Å². The summed E-state index contributed by atoms with van der Waals surface area (Å²) in [4.78, 5) is 4.69. The summed E-state index contributed by atoms with van der Waals surface area (Å²) < 4.78 is 10.8. The Kier molecular flexibility index (Phi) is 5.58. The Balaban J connectivity index is 2.02. The van der Waals surface area contributed by atoms with Crippen molar-refractivity contribution in [2.45, 2.75) is 13.8 Å². The van der Waals surface area contributed by atoms with Crippen molar-refractivity contribution < 1.29 is 9.47 Å². The van der Waals surface area contributed by atoms with E-state index in [1.54, 1.807) is 20.3 Å². The molecule has 0 spiro atoms. The van der Waals surface area contributed by atoms with E-state index in [0.717, 1.165) is 16.8 Å². The molecule has 136 valence electrons. The molecule has 1 heterocycles. The van der Waals surface area contributed by atoms with Crippen LogP contribution in [0, 0.1) is 25.2 Å². The van der Waals surface area contributed by atoms with Crippen LogP contribution in [0.3, 0.4) is 0 Å². The lowest BCUT2D eigenvalue weighted by Gasteiger charge is -2.10. The Morgan fingerprint density at radius 3 is 2.63 bits per heavy atom. The maximum absolute atomic E-state index is 9.68. The van der Waals surface area contributed by atoms with E-state index in [0.29, 0.717) is 22.1 Å². The highest BCUT2D eigenvalue weighted by molar-refractivity contribution is 7.11. The molecule has 3 rings (SSSR count). The topological polar surface area (TPSA) is 55.1 Å². The largest absolute Gasteiger partial charge is 0.493 e. The Morgan fingerprint density at radius 1 is 1.15 bits per heavy atom. The van der Waals surface area contributed by atoms with Crippen LogP contribution >= 0.6 is 11.3 Å². The molecule has 0 bridgehead atoms. The lowest BCUT2D eigenvalue weighted by molar-refractivity contribution is 0.354. The first-order valence-electron chi connectivity index (χ1n) is 8.43. The zero-order chi connectivity index (χ0) is 19.4. The highest BCUT2D eigenvalue weighted by Gasteiger charge is 2.13. The summed E-state index contributed by atoms with van der Waals surface area (Å²) in [6.45, 7) is 4.14. The van der Waals surface area contributed by atoms with Crippen LogP contribution in [0.2, 0.25) is 0 Å². The van der Waals surface area contributed by atoms with Crippen LogP contribution in [-0.2, 0) is 0 Å². The normalized spacial score (nSPS) is 11.1. The average Bonchev–Trinajstić information content (AvgIpc) is 3.15. The molecule has 0 N–H and O–H groups in total. The molecule has 3 aromatic rings. The molecule has 4 nitrogen and oxygen atoms in total. The van der Waals surface area contributed by atoms with E-state index in [1.165, 1.54) is 22.5 Å². The average molecular weight is 376 g/mol. The van der Waals surface area contributed by atoms with Crippen LogP contribution in [0.5, 0.6) is 11.5 Å². The molecule has 1 aromatic heterocycles. The molecule has 0 saturated heterocycles. The number of benzene rings is 2. The summed E-state index contributed by atoms with van der Waals surface area (Å²) in [5, 5.41) is 12.3. The lowest BCUT2D eigenvalue weighted by Crippen LogP contribution is -1.93. The molecule has 0 aliphatic carbocycles. The number of hydrogen-bond donors (Lipinski definition) is 0. The molecule has 0 atom stereocenters. The Bertz CT molecular complexity index is 1040. The Morgan fingerprint density at radius 2 is 1.96 bits per heavy atom. The van der Waals surface area contributed by atoms with E-state index in [1.807, 2.05) is 23.6 Å². The number of aromatic nitrogens is 1. The fourth-order valence-electron chi connectivity index (χ4n) is 2.95. The van der Waals surface area contributed by atoms with Crippen LogP contribution < -0.4 is 9.47 Å². The number of ether oxygens (including phenoxy) is 2. The van der Waals surface area contributed by atoms with Gasteiger partial charge in [-0.2, -0.15) is 5.26 Å². The second-order valence-corrected chi connectivity index (χ2v) is 6.97. The number of rotatable bonds is 5. The van der Waals surface area contributed by atoms with Gasteiger partial charge in [-0.05, 0) is 31.6 Å². The highest BCUT2D eigenvalue weighted by atomic mass is 32.1. The number of aryl methyl sites for hydroxylation is 2. The third-order valence-corrected chi connectivity index (χ3v) is 5.12. The molecular formula is C22H20N2O2S. The lowest BCUT2D eigenvalue weighted by atomic mass is 10.0. The van der Waals surface area contributed by atoms with Gasteiger partial charge in [0.2, 0.25) is 0 Å². The maximum atomic E-state index is 9.68. The van der Waals surface area contributed by atoms with Crippen molar-refractivity contribution in [2.24, 2.45) is 0 Å². The molecule has 0 unspecified atom stereocenters. The number of para-hydroxylation sites is 1. The third kappa shape index (κ3) is 3.86. The molecule has 27 heavy (non-hydrogen) atoms. The van der Waals surface area contributed by atoms with Crippen molar-refractivity contribution in [1.29, 1.82) is 5.26 Å². The number of allylic oxidation sites excluding steroid dienone is 1. The van der Waals surface area contributed by atoms with Crippen LogP contribution in [0.25, 0.3) is 22.9 Å². The number of hydrogen-bond acceptors (Lipinski definition) is 5. The van der Waals surface area contributed by atoms with Gasteiger partial charge < -0.3 is 9.47 Å². The van der Waals surface area contributed by atoms with Crippen molar-refractivity contribution in [3.05, 3.63) is 63.5 Å². The van der Waals surface area contributed by atoms with Gasteiger partial charge in [0, 0.05) is 16.5 Å². The van der Waals surface area contributed by atoms with Gasteiger partial charge in [0.05, 0.1) is 25.5 Å². The zero-order valence-electron chi connectivity index (χ0n) is 15.7. The Labute approximate surface area is 163 Å². The number of methoxy groups -OCH3 is 2. The summed E-state index contributed by atoms with van der Waals surface area (Å²) in [7, 11) is 3.18. The fraction of sp³-hybridized carbons (Fsp3) is 0.182. The van der Waals surface area contributed by atoms with Gasteiger partial charge in [0.25, 0.3) is 0 Å². The minimum absolute atomic E-state index is 0.488. The van der Waals surface area contributed by atoms with Gasteiger partial charge in [-0.25, -0.2) is 4.98 Å². The predicted molar refractivity (Wildman–Crippen MR) is 110 cm³/mol. The molecular weight excluding hydrogens is 356 g/mol. The van der Waals surface area contributed by atoms with Crippen molar-refractivity contribution in [3.63, 3.8) is 0 Å². The first-order valence-corrected chi connectivity index (χ1v) is 9.31. The van der Waals surface area contributed by atoms with Crippen LogP contribution in [-0.4, -0.2) is 19.2 Å². The summed E-state index contributed by atoms with van der Waals surface area (Å²) >= 11 is 1.46. The summed E-state index contributed by atoms with van der Waals surface area (Å²) in [6.07, 6.45) is 1.78. The number of nitrogens with zero attached hydrogens (tertiary/aromatic N) is 2. The molecule has 0 aliphatic rings. The molecule has 0 amide bonds. The highest BCUT2D eigenvalue weighted by Crippen LogP contribution is 2.34. The van der Waals surface area contributed by atoms with Gasteiger partial charge in [-0.3, -0.25) is 0 Å². The minimum atomic E-state index is 0.488. The predicted octanol–water partition coefficient (Wildman–Crippen LogP) is 5.51. The van der Waals surface area contributed by atoms with E-state index in [-0.39, 0.29) is 0 Å². The standard InChI is InChI=1S/C22H20N2O2S/c1-14-8-9-18(15(2)10-14)19-13-27-22(24-19)17(12-23)11-16-6-5-7-20(25-3)21(16)26-4/h5-11,13H,1-4H3. The first-order chi connectivity index (χ1) is 13.1. The van der Waals surface area contributed by atoms with Crippen molar-refractivity contribution >= 4 is 23.0 Å². The number of nitriles is 1. The van der Waals surface area contributed by atoms with E-state index < -0.39 is 0 Å². The monoisotopic (exact) mass is 376 g/mol. The van der Waals surface area contributed by atoms with E-state index in [2.05, 4.69) is 38.1 Å². The minimum Gasteiger partial charge on any atom is -0.493 e. The van der Waals surface area contributed by atoms with Gasteiger partial charge in [0.15, 0.2) is 11.5 Å². The second-order valence-electron chi connectivity index (χ2n) is 6.11. The zero-order valence-corrected chi connectivity index (χ0v) is 16.6. The molecule has 0 saturated carbocycles. The van der Waals surface area contributed by atoms with Crippen LogP contribution in [0.15, 0.2) is 41.8 Å². The molecule has 0 fully saturated rings. The summed E-state index contributed by atoms with van der Waals surface area (Å²) in [5.74, 6) is 1.22. The van der Waals surface area contributed by atoms with Gasteiger partial charge >= 0.3 is 0 Å². The molecule has 2 aromatic carbocycles. The molecule has 5 heteroatoms. The smallest absolute Gasteiger partial charge is 0.167 e. The summed E-state index contributed by atoms with van der Waals surface area (Å²) in [5.41, 5.74) is 5.61. The second kappa shape index (κ2) is 8.07. The van der Waals surface area contributed by atoms with E-state index in [9.17, 15) is 5.26 Å². The van der Waals surface area contributed by atoms with E-state index in [4.69, 9.17) is 14.5 Å².